The summed E-state index contributed by atoms with van der Waals surface area (Å²) in [5, 5.41) is 5.66. The van der Waals surface area contributed by atoms with Crippen molar-refractivity contribution in [2.75, 3.05) is 26.1 Å². The number of rotatable bonds is 9. The number of carbonyl (C=O) groups excluding carboxylic acids is 2. The molecule has 0 aliphatic rings. The topological polar surface area (TPSA) is 103 Å². The van der Waals surface area contributed by atoms with Gasteiger partial charge >= 0.3 is 0 Å². The third-order valence-corrected chi connectivity index (χ3v) is 5.06. The SMILES string of the molecule is CCC(N)(CC)CNC(=O)c1cc(OC)c(OC)cc1NC(=O)c1ccccc1.Cl. The van der Waals surface area contributed by atoms with E-state index in [1.807, 2.05) is 19.9 Å². The molecule has 0 bridgehead atoms. The van der Waals surface area contributed by atoms with Crippen molar-refractivity contribution < 1.29 is 19.1 Å². The van der Waals surface area contributed by atoms with Crippen molar-refractivity contribution in [3.05, 3.63) is 53.6 Å². The van der Waals surface area contributed by atoms with Gasteiger partial charge in [0.2, 0.25) is 0 Å². The van der Waals surface area contributed by atoms with Crippen molar-refractivity contribution >= 4 is 29.9 Å². The molecule has 0 aliphatic heterocycles. The number of hydrogen-bond acceptors (Lipinski definition) is 5. The van der Waals surface area contributed by atoms with Crippen LogP contribution in [0, 0.1) is 0 Å². The lowest BCUT2D eigenvalue weighted by molar-refractivity contribution is 0.0942. The lowest BCUT2D eigenvalue weighted by atomic mass is 9.94. The van der Waals surface area contributed by atoms with Crippen LogP contribution in [0.5, 0.6) is 11.5 Å². The number of anilines is 1. The number of nitrogens with two attached hydrogens (primary N) is 1. The van der Waals surface area contributed by atoms with E-state index in [-0.39, 0.29) is 29.8 Å². The maximum absolute atomic E-state index is 12.9. The van der Waals surface area contributed by atoms with E-state index < -0.39 is 5.54 Å². The van der Waals surface area contributed by atoms with Crippen LogP contribution in [0.25, 0.3) is 0 Å². The Morgan fingerprint density at radius 3 is 2.07 bits per heavy atom. The number of carbonyl (C=O) groups is 2. The summed E-state index contributed by atoms with van der Waals surface area (Å²) in [6.07, 6.45) is 1.46. The summed E-state index contributed by atoms with van der Waals surface area (Å²) in [7, 11) is 2.98. The van der Waals surface area contributed by atoms with Gasteiger partial charge in [-0.15, -0.1) is 12.4 Å². The van der Waals surface area contributed by atoms with Crippen molar-refractivity contribution in [2.45, 2.75) is 32.2 Å². The Labute approximate surface area is 183 Å². The van der Waals surface area contributed by atoms with Gasteiger partial charge in [-0.2, -0.15) is 0 Å². The molecule has 2 aromatic carbocycles. The van der Waals surface area contributed by atoms with Gasteiger partial charge in [0.15, 0.2) is 11.5 Å². The van der Waals surface area contributed by atoms with Crippen molar-refractivity contribution in [1.82, 2.24) is 5.32 Å². The normalized spacial score (nSPS) is 10.6. The zero-order valence-electron chi connectivity index (χ0n) is 17.8. The smallest absolute Gasteiger partial charge is 0.255 e. The van der Waals surface area contributed by atoms with Crippen LogP contribution in [0.4, 0.5) is 5.69 Å². The highest BCUT2D eigenvalue weighted by molar-refractivity contribution is 6.09. The summed E-state index contributed by atoms with van der Waals surface area (Å²) < 4.78 is 10.6. The number of benzene rings is 2. The molecule has 0 saturated carbocycles. The van der Waals surface area contributed by atoms with Crippen LogP contribution in [0.1, 0.15) is 47.4 Å². The van der Waals surface area contributed by atoms with E-state index in [9.17, 15) is 9.59 Å². The van der Waals surface area contributed by atoms with Crippen LogP contribution in [0.15, 0.2) is 42.5 Å². The molecular formula is C22H30ClN3O4. The molecule has 0 aromatic heterocycles. The Morgan fingerprint density at radius 1 is 0.967 bits per heavy atom. The summed E-state index contributed by atoms with van der Waals surface area (Å²) in [5.41, 5.74) is 6.87. The van der Waals surface area contributed by atoms with Crippen LogP contribution >= 0.6 is 12.4 Å². The van der Waals surface area contributed by atoms with Crippen LogP contribution in [0.2, 0.25) is 0 Å². The van der Waals surface area contributed by atoms with Gasteiger partial charge in [-0.05, 0) is 31.0 Å². The fourth-order valence-corrected chi connectivity index (χ4v) is 2.81. The van der Waals surface area contributed by atoms with E-state index >= 15 is 0 Å². The number of amides is 2. The highest BCUT2D eigenvalue weighted by Crippen LogP contribution is 2.33. The zero-order chi connectivity index (χ0) is 21.4. The number of methoxy groups -OCH3 is 2. The third kappa shape index (κ3) is 6.11. The van der Waals surface area contributed by atoms with Gasteiger partial charge in [-0.3, -0.25) is 9.59 Å². The second-order valence-corrected chi connectivity index (χ2v) is 6.83. The minimum atomic E-state index is -0.486. The number of halogens is 1. The van der Waals surface area contributed by atoms with Gasteiger partial charge in [-0.1, -0.05) is 32.0 Å². The largest absolute Gasteiger partial charge is 0.493 e. The third-order valence-electron chi connectivity index (χ3n) is 5.06. The highest BCUT2D eigenvalue weighted by atomic mass is 35.5. The van der Waals surface area contributed by atoms with E-state index in [0.29, 0.717) is 29.3 Å². The molecule has 0 radical (unpaired) electrons. The van der Waals surface area contributed by atoms with Gasteiger partial charge in [-0.25, -0.2) is 0 Å². The summed E-state index contributed by atoms with van der Waals surface area (Å²) in [6.45, 7) is 4.29. The first kappa shape index (κ1) is 25.3. The number of hydrogen-bond donors (Lipinski definition) is 3. The molecular weight excluding hydrogens is 406 g/mol. The summed E-state index contributed by atoms with van der Waals surface area (Å²) in [6, 6.07) is 11.9. The number of ether oxygens (including phenoxy) is 2. The molecule has 0 unspecified atom stereocenters. The van der Waals surface area contributed by atoms with E-state index in [0.717, 1.165) is 12.8 Å². The first-order chi connectivity index (χ1) is 13.9. The van der Waals surface area contributed by atoms with Crippen molar-refractivity contribution in [3.8, 4) is 11.5 Å². The minimum Gasteiger partial charge on any atom is -0.493 e. The molecule has 0 fully saturated rings. The first-order valence-corrected chi connectivity index (χ1v) is 9.57. The molecule has 0 aliphatic carbocycles. The van der Waals surface area contributed by atoms with Crippen molar-refractivity contribution in [3.63, 3.8) is 0 Å². The Balaban J connectivity index is 0.00000450. The molecule has 2 aromatic rings. The Bertz CT molecular complexity index is 855. The van der Waals surface area contributed by atoms with E-state index in [2.05, 4.69) is 10.6 Å². The van der Waals surface area contributed by atoms with Gasteiger partial charge in [0.25, 0.3) is 11.8 Å². The predicted molar refractivity (Wildman–Crippen MR) is 121 cm³/mol. The van der Waals surface area contributed by atoms with Crippen LogP contribution in [0.3, 0.4) is 0 Å². The van der Waals surface area contributed by atoms with E-state index in [4.69, 9.17) is 15.2 Å². The molecule has 4 N–H and O–H groups in total. The van der Waals surface area contributed by atoms with Gasteiger partial charge in [0.1, 0.15) is 0 Å². The monoisotopic (exact) mass is 435 g/mol. The molecule has 0 atom stereocenters. The predicted octanol–water partition coefficient (Wildman–Crippen LogP) is 3.63. The van der Waals surface area contributed by atoms with Crippen LogP contribution < -0.4 is 25.8 Å². The molecule has 2 rings (SSSR count). The summed E-state index contributed by atoms with van der Waals surface area (Å²) in [5.74, 6) is 0.108. The summed E-state index contributed by atoms with van der Waals surface area (Å²) in [4.78, 5) is 25.5. The quantitative estimate of drug-likeness (QED) is 0.558. The fraction of sp³-hybridized carbons (Fsp3) is 0.364. The Kier molecular flexibility index (Phi) is 9.62. The molecule has 0 spiro atoms. The fourth-order valence-electron chi connectivity index (χ4n) is 2.81. The average molecular weight is 436 g/mol. The van der Waals surface area contributed by atoms with E-state index in [1.54, 1.807) is 36.4 Å². The summed E-state index contributed by atoms with van der Waals surface area (Å²) >= 11 is 0. The maximum atomic E-state index is 12.9. The molecule has 8 heteroatoms. The second kappa shape index (κ2) is 11.4. The van der Waals surface area contributed by atoms with E-state index in [1.165, 1.54) is 14.2 Å². The average Bonchev–Trinajstić information content (AvgIpc) is 2.77. The standard InChI is InChI=1S/C22H29N3O4.ClH/c1-5-22(23,6-2)14-24-21(27)16-12-18(28-3)19(29-4)13-17(16)25-20(26)15-10-8-7-9-11-15;/h7-13H,5-6,14,23H2,1-4H3,(H,24,27)(H,25,26);1H. The lowest BCUT2D eigenvalue weighted by Gasteiger charge is -2.27. The molecule has 30 heavy (non-hydrogen) atoms. The first-order valence-electron chi connectivity index (χ1n) is 9.57. The lowest BCUT2D eigenvalue weighted by Crippen LogP contribution is -2.49. The van der Waals surface area contributed by atoms with Crippen LogP contribution in [-0.4, -0.2) is 38.1 Å². The molecule has 7 nitrogen and oxygen atoms in total. The second-order valence-electron chi connectivity index (χ2n) is 6.83. The van der Waals surface area contributed by atoms with Gasteiger partial charge in [0, 0.05) is 23.7 Å². The van der Waals surface area contributed by atoms with Crippen LogP contribution in [-0.2, 0) is 0 Å². The highest BCUT2D eigenvalue weighted by Gasteiger charge is 2.24. The molecule has 0 saturated heterocycles. The molecule has 2 amide bonds. The number of nitrogens with one attached hydrogen (secondary N) is 2. The molecule has 164 valence electrons. The van der Waals surface area contributed by atoms with Crippen molar-refractivity contribution in [2.24, 2.45) is 5.73 Å². The zero-order valence-corrected chi connectivity index (χ0v) is 18.6. The maximum Gasteiger partial charge on any atom is 0.255 e. The minimum absolute atomic E-state index is 0. The molecule has 0 heterocycles. The van der Waals surface area contributed by atoms with Gasteiger partial charge < -0.3 is 25.8 Å². The Morgan fingerprint density at radius 2 is 1.53 bits per heavy atom. The van der Waals surface area contributed by atoms with Gasteiger partial charge in [0.05, 0.1) is 25.5 Å². The van der Waals surface area contributed by atoms with Crippen molar-refractivity contribution in [1.29, 1.82) is 0 Å². The Hall–Kier alpha value is -2.77.